The number of nitrogens with zero attached hydrogens (tertiary/aromatic N) is 1. The summed E-state index contributed by atoms with van der Waals surface area (Å²) in [6, 6.07) is 20.1. The second-order valence-electron chi connectivity index (χ2n) is 6.87. The summed E-state index contributed by atoms with van der Waals surface area (Å²) in [5.41, 5.74) is 5.70. The van der Waals surface area contributed by atoms with E-state index in [1.54, 1.807) is 36.4 Å². The molecule has 0 radical (unpaired) electrons. The Balaban J connectivity index is 1.41. The van der Waals surface area contributed by atoms with E-state index in [0.717, 1.165) is 11.1 Å². The third-order valence-electron chi connectivity index (χ3n) is 4.27. The summed E-state index contributed by atoms with van der Waals surface area (Å²) in [5.74, 6) is -0.362. The number of halogens is 1. The number of rotatable bonds is 8. The van der Waals surface area contributed by atoms with Gasteiger partial charge in [-0.3, -0.25) is 9.59 Å². The number of ether oxygens (including phenoxy) is 1. The fourth-order valence-corrected chi connectivity index (χ4v) is 2.64. The highest BCUT2D eigenvalue weighted by Gasteiger charge is 2.04. The van der Waals surface area contributed by atoms with E-state index in [0.29, 0.717) is 17.0 Å². The van der Waals surface area contributed by atoms with Gasteiger partial charge in [-0.05, 0) is 66.6 Å². The lowest BCUT2D eigenvalue weighted by molar-refractivity contribution is -0.120. The lowest BCUT2D eigenvalue weighted by Gasteiger charge is -2.08. The molecule has 0 aliphatic carbocycles. The summed E-state index contributed by atoms with van der Waals surface area (Å²) in [4.78, 5) is 23.8. The molecule has 0 atom stereocenters. The monoisotopic (exact) mass is 419 g/mol. The number of carbonyl (C=O) groups is 2. The standard InChI is InChI=1S/C24H22FN3O3/c1-17-2-10-21(11-3-17)27-24(30)16-31-22-12-6-19(7-13-22)15-26-28-23(29)14-18-4-8-20(25)9-5-18/h2-13,15H,14,16H2,1H3,(H,27,30)(H,28,29)/b26-15+. The van der Waals surface area contributed by atoms with Gasteiger partial charge in [0, 0.05) is 5.69 Å². The molecule has 6 nitrogen and oxygen atoms in total. The fraction of sp³-hybridized carbons (Fsp3) is 0.125. The molecule has 0 saturated heterocycles. The Kier molecular flexibility index (Phi) is 7.48. The topological polar surface area (TPSA) is 79.8 Å². The van der Waals surface area contributed by atoms with E-state index >= 15 is 0 Å². The number of hydrogen-bond donors (Lipinski definition) is 2. The molecule has 2 N–H and O–H groups in total. The van der Waals surface area contributed by atoms with Crippen molar-refractivity contribution < 1.29 is 18.7 Å². The minimum atomic E-state index is -0.346. The van der Waals surface area contributed by atoms with Crippen molar-refractivity contribution in [3.63, 3.8) is 0 Å². The van der Waals surface area contributed by atoms with E-state index in [1.807, 2.05) is 31.2 Å². The Morgan fingerprint density at radius 1 is 0.935 bits per heavy atom. The SMILES string of the molecule is Cc1ccc(NC(=O)COc2ccc(/C=N/NC(=O)Cc3ccc(F)cc3)cc2)cc1. The largest absolute Gasteiger partial charge is 0.484 e. The zero-order chi connectivity index (χ0) is 22.1. The zero-order valence-corrected chi connectivity index (χ0v) is 17.0. The molecule has 0 heterocycles. The summed E-state index contributed by atoms with van der Waals surface area (Å²) in [6.07, 6.45) is 1.60. The Bertz CT molecular complexity index is 1050. The summed E-state index contributed by atoms with van der Waals surface area (Å²) < 4.78 is 18.4. The molecular weight excluding hydrogens is 397 g/mol. The molecule has 0 fully saturated rings. The third kappa shape index (κ3) is 7.40. The fourth-order valence-electron chi connectivity index (χ4n) is 2.64. The van der Waals surface area contributed by atoms with Crippen molar-refractivity contribution >= 4 is 23.7 Å². The number of amides is 2. The van der Waals surface area contributed by atoms with Crippen LogP contribution in [0, 0.1) is 12.7 Å². The number of hydrogen-bond acceptors (Lipinski definition) is 4. The quantitative estimate of drug-likeness (QED) is 0.430. The van der Waals surface area contributed by atoms with Crippen molar-refractivity contribution in [3.8, 4) is 5.75 Å². The lowest BCUT2D eigenvalue weighted by Crippen LogP contribution is -2.20. The van der Waals surface area contributed by atoms with Crippen molar-refractivity contribution in [2.75, 3.05) is 11.9 Å². The van der Waals surface area contributed by atoms with Crippen LogP contribution >= 0.6 is 0 Å². The molecule has 0 aromatic heterocycles. The van der Waals surface area contributed by atoms with Crippen LogP contribution in [-0.2, 0) is 16.0 Å². The number of aryl methyl sites for hydroxylation is 1. The first-order chi connectivity index (χ1) is 15.0. The Labute approximate surface area is 179 Å². The summed E-state index contributed by atoms with van der Waals surface area (Å²) >= 11 is 0. The Morgan fingerprint density at radius 2 is 1.61 bits per heavy atom. The van der Waals surface area contributed by atoms with Gasteiger partial charge in [0.15, 0.2) is 6.61 Å². The first-order valence-corrected chi connectivity index (χ1v) is 9.64. The first-order valence-electron chi connectivity index (χ1n) is 9.64. The summed E-state index contributed by atoms with van der Waals surface area (Å²) in [6.45, 7) is 1.87. The van der Waals surface area contributed by atoms with Crippen LogP contribution in [-0.4, -0.2) is 24.6 Å². The highest BCUT2D eigenvalue weighted by Crippen LogP contribution is 2.12. The second-order valence-corrected chi connectivity index (χ2v) is 6.87. The maximum atomic E-state index is 12.9. The van der Waals surface area contributed by atoms with E-state index in [1.165, 1.54) is 18.3 Å². The van der Waals surface area contributed by atoms with Crippen LogP contribution in [0.15, 0.2) is 77.9 Å². The average molecular weight is 419 g/mol. The maximum absolute atomic E-state index is 12.9. The van der Waals surface area contributed by atoms with Gasteiger partial charge in [0.05, 0.1) is 12.6 Å². The highest BCUT2D eigenvalue weighted by molar-refractivity contribution is 5.91. The molecular formula is C24H22FN3O3. The molecule has 31 heavy (non-hydrogen) atoms. The normalized spacial score (nSPS) is 10.6. The van der Waals surface area contributed by atoms with Crippen molar-refractivity contribution in [3.05, 3.63) is 95.3 Å². The maximum Gasteiger partial charge on any atom is 0.262 e. The van der Waals surface area contributed by atoms with E-state index in [-0.39, 0.29) is 30.7 Å². The van der Waals surface area contributed by atoms with E-state index in [4.69, 9.17) is 4.74 Å². The van der Waals surface area contributed by atoms with Gasteiger partial charge in [0.1, 0.15) is 11.6 Å². The molecule has 158 valence electrons. The van der Waals surface area contributed by atoms with Crippen LogP contribution in [0.1, 0.15) is 16.7 Å². The van der Waals surface area contributed by atoms with E-state index < -0.39 is 0 Å². The van der Waals surface area contributed by atoms with Crippen LogP contribution in [0.5, 0.6) is 5.75 Å². The Hall–Kier alpha value is -4.00. The molecule has 0 spiro atoms. The molecule has 0 aliphatic heterocycles. The number of benzene rings is 3. The van der Waals surface area contributed by atoms with Gasteiger partial charge in [-0.1, -0.05) is 29.8 Å². The van der Waals surface area contributed by atoms with Crippen LogP contribution in [0.2, 0.25) is 0 Å². The molecule has 0 bridgehead atoms. The van der Waals surface area contributed by atoms with Crippen molar-refractivity contribution in [1.82, 2.24) is 5.43 Å². The number of nitrogens with one attached hydrogen (secondary N) is 2. The molecule has 3 rings (SSSR count). The smallest absolute Gasteiger partial charge is 0.262 e. The molecule has 3 aromatic rings. The minimum Gasteiger partial charge on any atom is -0.484 e. The molecule has 0 saturated carbocycles. The van der Waals surface area contributed by atoms with Crippen molar-refractivity contribution in [2.24, 2.45) is 5.10 Å². The zero-order valence-electron chi connectivity index (χ0n) is 17.0. The van der Waals surface area contributed by atoms with Gasteiger partial charge in [0.25, 0.3) is 5.91 Å². The summed E-state index contributed by atoms with van der Waals surface area (Å²) in [7, 11) is 0. The Morgan fingerprint density at radius 3 is 2.29 bits per heavy atom. The predicted molar refractivity (Wildman–Crippen MR) is 118 cm³/mol. The molecule has 0 unspecified atom stereocenters. The molecule has 0 aliphatic rings. The highest BCUT2D eigenvalue weighted by atomic mass is 19.1. The van der Waals surface area contributed by atoms with Gasteiger partial charge in [-0.25, -0.2) is 9.82 Å². The minimum absolute atomic E-state index is 0.106. The van der Waals surface area contributed by atoms with Gasteiger partial charge >= 0.3 is 0 Å². The van der Waals surface area contributed by atoms with Crippen molar-refractivity contribution in [1.29, 1.82) is 0 Å². The van der Waals surface area contributed by atoms with Gasteiger partial charge in [-0.2, -0.15) is 5.10 Å². The summed E-state index contributed by atoms with van der Waals surface area (Å²) in [5, 5.41) is 6.67. The molecule has 7 heteroatoms. The molecule has 3 aromatic carbocycles. The number of hydrazone groups is 1. The van der Waals surface area contributed by atoms with Crippen LogP contribution in [0.3, 0.4) is 0 Å². The third-order valence-corrected chi connectivity index (χ3v) is 4.27. The number of carbonyl (C=O) groups excluding carboxylic acids is 2. The number of anilines is 1. The second kappa shape index (κ2) is 10.7. The van der Waals surface area contributed by atoms with Crippen LogP contribution in [0.25, 0.3) is 0 Å². The van der Waals surface area contributed by atoms with Crippen LogP contribution in [0.4, 0.5) is 10.1 Å². The van der Waals surface area contributed by atoms with Gasteiger partial charge in [0.2, 0.25) is 5.91 Å². The van der Waals surface area contributed by atoms with Gasteiger partial charge < -0.3 is 10.1 Å². The lowest BCUT2D eigenvalue weighted by atomic mass is 10.1. The van der Waals surface area contributed by atoms with Crippen LogP contribution < -0.4 is 15.5 Å². The van der Waals surface area contributed by atoms with Crippen molar-refractivity contribution in [2.45, 2.75) is 13.3 Å². The van der Waals surface area contributed by atoms with E-state index in [2.05, 4.69) is 15.8 Å². The predicted octanol–water partition coefficient (Wildman–Crippen LogP) is 3.84. The average Bonchev–Trinajstić information content (AvgIpc) is 2.76. The van der Waals surface area contributed by atoms with Gasteiger partial charge in [-0.15, -0.1) is 0 Å². The molecule has 2 amide bonds. The first kappa shape index (κ1) is 21.7. The van der Waals surface area contributed by atoms with E-state index in [9.17, 15) is 14.0 Å².